The van der Waals surface area contributed by atoms with Crippen molar-refractivity contribution in [2.24, 2.45) is 0 Å². The van der Waals surface area contributed by atoms with E-state index in [2.05, 4.69) is 29.1 Å². The lowest BCUT2D eigenvalue weighted by molar-refractivity contribution is 0.0719. The number of piperidine rings is 1. The van der Waals surface area contributed by atoms with Gasteiger partial charge in [-0.25, -0.2) is 9.97 Å². The molecule has 1 amide bonds. The maximum Gasteiger partial charge on any atom is 0.263 e. The van der Waals surface area contributed by atoms with Gasteiger partial charge in [0.1, 0.15) is 12.1 Å². The van der Waals surface area contributed by atoms with E-state index in [-0.39, 0.29) is 11.9 Å². The lowest BCUT2D eigenvalue weighted by Crippen LogP contribution is -2.45. The van der Waals surface area contributed by atoms with Crippen LogP contribution in [0.1, 0.15) is 48.0 Å². The molecule has 1 atom stereocenters. The molecule has 23 heavy (non-hydrogen) atoms. The van der Waals surface area contributed by atoms with Crippen LogP contribution in [0.15, 0.2) is 29.9 Å². The highest BCUT2D eigenvalue weighted by atomic mass is 32.1. The van der Waals surface area contributed by atoms with Crippen LogP contribution in [0, 0.1) is 0 Å². The zero-order chi connectivity index (χ0) is 16.2. The van der Waals surface area contributed by atoms with Gasteiger partial charge in [-0.1, -0.05) is 19.9 Å². The van der Waals surface area contributed by atoms with Crippen LogP contribution >= 0.6 is 11.3 Å². The van der Waals surface area contributed by atoms with Crippen molar-refractivity contribution < 1.29 is 4.79 Å². The van der Waals surface area contributed by atoms with Crippen molar-refractivity contribution in [3.8, 4) is 0 Å². The first-order valence-electron chi connectivity index (χ1n) is 8.04. The van der Waals surface area contributed by atoms with E-state index in [1.54, 1.807) is 6.33 Å². The molecule has 0 saturated carbocycles. The average molecular weight is 330 g/mol. The fraction of sp³-hybridized carbons (Fsp3) is 0.471. The second-order valence-corrected chi connectivity index (χ2v) is 7.14. The van der Waals surface area contributed by atoms with Crippen molar-refractivity contribution in [2.75, 3.05) is 18.4 Å². The minimum atomic E-state index is 0.136. The van der Waals surface area contributed by atoms with Gasteiger partial charge in [-0.05, 0) is 30.2 Å². The van der Waals surface area contributed by atoms with Gasteiger partial charge in [0.15, 0.2) is 0 Å². The van der Waals surface area contributed by atoms with Gasteiger partial charge in [-0.2, -0.15) is 0 Å². The smallest absolute Gasteiger partial charge is 0.263 e. The van der Waals surface area contributed by atoms with Gasteiger partial charge in [0.2, 0.25) is 0 Å². The number of likely N-dealkylation sites (tertiary alicyclic amines) is 1. The minimum absolute atomic E-state index is 0.136. The summed E-state index contributed by atoms with van der Waals surface area (Å²) in [6, 6.07) is 6.06. The molecule has 0 aromatic carbocycles. The van der Waals surface area contributed by atoms with Crippen LogP contribution in [0.4, 0.5) is 5.82 Å². The van der Waals surface area contributed by atoms with Gasteiger partial charge in [-0.3, -0.25) is 4.79 Å². The van der Waals surface area contributed by atoms with E-state index < -0.39 is 0 Å². The number of amides is 1. The van der Waals surface area contributed by atoms with E-state index in [4.69, 9.17) is 0 Å². The summed E-state index contributed by atoms with van der Waals surface area (Å²) in [5.41, 5.74) is 1.03. The Hall–Kier alpha value is -1.95. The molecule has 3 rings (SSSR count). The summed E-state index contributed by atoms with van der Waals surface area (Å²) in [5.74, 6) is 1.36. The molecule has 1 unspecified atom stereocenters. The number of aromatic nitrogens is 2. The van der Waals surface area contributed by atoms with Gasteiger partial charge in [-0.15, -0.1) is 11.3 Å². The zero-order valence-electron chi connectivity index (χ0n) is 13.5. The van der Waals surface area contributed by atoms with E-state index >= 15 is 0 Å². The summed E-state index contributed by atoms with van der Waals surface area (Å²) >= 11 is 1.50. The molecule has 6 heteroatoms. The van der Waals surface area contributed by atoms with Crippen molar-refractivity contribution in [1.29, 1.82) is 0 Å². The lowest BCUT2D eigenvalue weighted by atomic mass is 10.1. The summed E-state index contributed by atoms with van der Waals surface area (Å²) < 4.78 is 0. The maximum absolute atomic E-state index is 12.5. The minimum Gasteiger partial charge on any atom is -0.365 e. The average Bonchev–Trinajstić information content (AvgIpc) is 3.09. The quantitative estimate of drug-likeness (QED) is 0.934. The topological polar surface area (TPSA) is 58.1 Å². The highest BCUT2D eigenvalue weighted by Crippen LogP contribution is 2.20. The standard InChI is InChI=1S/C17H22N4OS/c1-12(2)14-9-16(19-11-18-14)20-13-5-3-7-21(10-13)17(22)15-6-4-8-23-15/h4,6,8-9,11-13H,3,5,7,10H2,1-2H3,(H,18,19,20). The van der Waals surface area contributed by atoms with E-state index in [0.29, 0.717) is 5.92 Å². The highest BCUT2D eigenvalue weighted by Gasteiger charge is 2.25. The Labute approximate surface area is 140 Å². The van der Waals surface area contributed by atoms with E-state index in [0.717, 1.165) is 42.3 Å². The van der Waals surface area contributed by atoms with Crippen LogP contribution in [0.3, 0.4) is 0 Å². The first-order valence-corrected chi connectivity index (χ1v) is 8.92. The number of nitrogens with zero attached hydrogens (tertiary/aromatic N) is 3. The number of anilines is 1. The Balaban J connectivity index is 1.65. The molecule has 0 bridgehead atoms. The second kappa shape index (κ2) is 7.08. The van der Waals surface area contributed by atoms with E-state index in [9.17, 15) is 4.79 Å². The molecular formula is C17H22N4OS. The predicted octanol–water partition coefficient (Wildman–Crippen LogP) is 3.38. The van der Waals surface area contributed by atoms with Crippen LogP contribution in [0.2, 0.25) is 0 Å². The Morgan fingerprint density at radius 3 is 3.04 bits per heavy atom. The van der Waals surface area contributed by atoms with Gasteiger partial charge >= 0.3 is 0 Å². The largest absolute Gasteiger partial charge is 0.365 e. The summed E-state index contributed by atoms with van der Waals surface area (Å²) in [6.45, 7) is 5.79. The fourth-order valence-corrected chi connectivity index (χ4v) is 3.50. The maximum atomic E-state index is 12.5. The number of hydrogen-bond donors (Lipinski definition) is 1. The van der Waals surface area contributed by atoms with Gasteiger partial charge in [0.05, 0.1) is 4.88 Å². The Bertz CT molecular complexity index is 656. The SMILES string of the molecule is CC(C)c1cc(NC2CCCN(C(=O)c3cccs3)C2)ncn1. The third-order valence-corrected chi connectivity index (χ3v) is 4.93. The normalized spacial score (nSPS) is 18.2. The molecule has 1 aliphatic rings. The third kappa shape index (κ3) is 3.88. The van der Waals surface area contributed by atoms with Crippen molar-refractivity contribution >= 4 is 23.1 Å². The predicted molar refractivity (Wildman–Crippen MR) is 93.0 cm³/mol. The van der Waals surface area contributed by atoms with Gasteiger partial charge in [0.25, 0.3) is 5.91 Å². The lowest BCUT2D eigenvalue weighted by Gasteiger charge is -2.33. The first kappa shape index (κ1) is 15.9. The van der Waals surface area contributed by atoms with Crippen molar-refractivity contribution in [3.63, 3.8) is 0 Å². The molecular weight excluding hydrogens is 308 g/mol. The molecule has 1 fully saturated rings. The molecule has 1 saturated heterocycles. The summed E-state index contributed by atoms with van der Waals surface area (Å²) in [7, 11) is 0. The fourth-order valence-electron chi connectivity index (χ4n) is 2.81. The molecule has 3 heterocycles. The Morgan fingerprint density at radius 1 is 1.43 bits per heavy atom. The van der Waals surface area contributed by atoms with Crippen molar-refractivity contribution in [2.45, 2.75) is 38.6 Å². The number of carbonyl (C=O) groups excluding carboxylic acids is 1. The number of hydrogen-bond acceptors (Lipinski definition) is 5. The Morgan fingerprint density at radius 2 is 2.30 bits per heavy atom. The highest BCUT2D eigenvalue weighted by molar-refractivity contribution is 7.12. The number of carbonyl (C=O) groups is 1. The number of nitrogens with one attached hydrogen (secondary N) is 1. The molecule has 2 aromatic rings. The molecule has 0 radical (unpaired) electrons. The zero-order valence-corrected chi connectivity index (χ0v) is 14.3. The van der Waals surface area contributed by atoms with Crippen LogP contribution < -0.4 is 5.32 Å². The molecule has 1 aliphatic heterocycles. The monoisotopic (exact) mass is 330 g/mol. The van der Waals surface area contributed by atoms with Crippen LogP contribution in [0.5, 0.6) is 0 Å². The van der Waals surface area contributed by atoms with Crippen molar-refractivity contribution in [3.05, 3.63) is 40.5 Å². The Kier molecular flexibility index (Phi) is 4.91. The van der Waals surface area contributed by atoms with Crippen LogP contribution in [0.25, 0.3) is 0 Å². The summed E-state index contributed by atoms with van der Waals surface area (Å²) in [4.78, 5) is 23.8. The number of rotatable bonds is 4. The van der Waals surface area contributed by atoms with E-state index in [1.165, 1.54) is 11.3 Å². The summed E-state index contributed by atoms with van der Waals surface area (Å²) in [6.07, 6.45) is 3.67. The molecule has 0 spiro atoms. The molecule has 0 aliphatic carbocycles. The molecule has 1 N–H and O–H groups in total. The molecule has 2 aromatic heterocycles. The van der Waals surface area contributed by atoms with Gasteiger partial charge in [0, 0.05) is 30.9 Å². The van der Waals surface area contributed by atoms with Crippen molar-refractivity contribution in [1.82, 2.24) is 14.9 Å². The third-order valence-electron chi connectivity index (χ3n) is 4.07. The second-order valence-electron chi connectivity index (χ2n) is 6.19. The van der Waals surface area contributed by atoms with Gasteiger partial charge < -0.3 is 10.2 Å². The van der Waals surface area contributed by atoms with E-state index in [1.807, 2.05) is 28.5 Å². The summed E-state index contributed by atoms with van der Waals surface area (Å²) in [5, 5.41) is 5.41. The van der Waals surface area contributed by atoms with Crippen LogP contribution in [-0.2, 0) is 0 Å². The number of thiophene rings is 1. The first-order chi connectivity index (χ1) is 11.1. The molecule has 5 nitrogen and oxygen atoms in total. The van der Waals surface area contributed by atoms with Crippen LogP contribution in [-0.4, -0.2) is 39.9 Å². The molecule has 122 valence electrons.